The molecule has 1 fully saturated rings. The third-order valence-electron chi connectivity index (χ3n) is 4.24. The fourth-order valence-electron chi connectivity index (χ4n) is 2.53. The molecule has 7 heteroatoms. The summed E-state index contributed by atoms with van der Waals surface area (Å²) in [6.07, 6.45) is 3.80. The summed E-state index contributed by atoms with van der Waals surface area (Å²) in [5.41, 5.74) is 0.310. The highest BCUT2D eigenvalue weighted by Gasteiger charge is 2.38. The van der Waals surface area contributed by atoms with E-state index in [4.69, 9.17) is 0 Å². The molecular weight excluding hydrogens is 326 g/mol. The number of sulfonamides is 1. The van der Waals surface area contributed by atoms with Crippen molar-refractivity contribution in [2.24, 2.45) is 5.92 Å². The number of carbonyl (C=O) groups is 1. The number of likely N-dealkylation sites (N-methyl/N-ethyl adjacent to an activating group) is 1. The van der Waals surface area contributed by atoms with E-state index >= 15 is 0 Å². The summed E-state index contributed by atoms with van der Waals surface area (Å²) in [6, 6.07) is 5.84. The molecule has 0 heterocycles. The Balaban J connectivity index is 2.01. The van der Waals surface area contributed by atoms with Gasteiger partial charge in [0.25, 0.3) is 0 Å². The lowest BCUT2D eigenvalue weighted by molar-refractivity contribution is 0.237. The molecule has 0 atom stereocenters. The van der Waals surface area contributed by atoms with Crippen LogP contribution in [0, 0.1) is 5.92 Å². The molecule has 2 N–H and O–H groups in total. The minimum Gasteiger partial charge on any atom is -0.333 e. The van der Waals surface area contributed by atoms with Crippen molar-refractivity contribution in [1.29, 1.82) is 0 Å². The van der Waals surface area contributed by atoms with Crippen LogP contribution < -0.4 is 10.6 Å². The minimum atomic E-state index is -3.54. The summed E-state index contributed by atoms with van der Waals surface area (Å²) in [5.74, 6) is 0.524. The molecule has 6 nitrogen and oxygen atoms in total. The van der Waals surface area contributed by atoms with Gasteiger partial charge in [0.15, 0.2) is 0 Å². The van der Waals surface area contributed by atoms with Crippen molar-refractivity contribution in [3.8, 4) is 0 Å². The summed E-state index contributed by atoms with van der Waals surface area (Å²) in [5, 5.41) is 5.70. The normalized spacial score (nSPS) is 15.2. The fourth-order valence-corrected chi connectivity index (χ4v) is 3.67. The van der Waals surface area contributed by atoms with Crippen molar-refractivity contribution in [2.75, 3.05) is 18.9 Å². The van der Waals surface area contributed by atoms with Gasteiger partial charge < -0.3 is 10.6 Å². The largest absolute Gasteiger partial charge is 0.333 e. The molecule has 0 radical (unpaired) electrons. The molecular formula is C17H25N3O3S. The van der Waals surface area contributed by atoms with Crippen molar-refractivity contribution < 1.29 is 13.2 Å². The molecule has 0 aliphatic heterocycles. The first-order valence-electron chi connectivity index (χ1n) is 7.93. The van der Waals surface area contributed by atoms with Crippen LogP contribution >= 0.6 is 0 Å². The predicted molar refractivity (Wildman–Crippen MR) is 95.4 cm³/mol. The van der Waals surface area contributed by atoms with E-state index in [1.807, 2.05) is 13.8 Å². The zero-order valence-corrected chi connectivity index (χ0v) is 15.2. The summed E-state index contributed by atoms with van der Waals surface area (Å²) in [6.45, 7) is 7.80. The second-order valence-corrected chi connectivity index (χ2v) is 8.72. The Kier molecular flexibility index (Phi) is 5.35. The van der Waals surface area contributed by atoms with Gasteiger partial charge in [0.2, 0.25) is 10.0 Å². The van der Waals surface area contributed by atoms with Crippen LogP contribution in [0.2, 0.25) is 0 Å². The summed E-state index contributed by atoms with van der Waals surface area (Å²) in [4.78, 5) is 12.3. The number of nitrogens with zero attached hydrogens (tertiary/aromatic N) is 1. The van der Waals surface area contributed by atoms with E-state index in [2.05, 4.69) is 17.2 Å². The van der Waals surface area contributed by atoms with Crippen LogP contribution in [0.15, 0.2) is 41.8 Å². The monoisotopic (exact) mass is 351 g/mol. The molecule has 0 spiro atoms. The number of hydrogen-bond acceptors (Lipinski definition) is 3. The maximum atomic E-state index is 12.3. The molecule has 2 amide bonds. The Morgan fingerprint density at radius 2 is 1.92 bits per heavy atom. The van der Waals surface area contributed by atoms with Gasteiger partial charge in [-0.15, -0.1) is 6.58 Å². The first-order valence-corrected chi connectivity index (χ1v) is 9.37. The predicted octanol–water partition coefficient (Wildman–Crippen LogP) is 2.80. The van der Waals surface area contributed by atoms with Gasteiger partial charge in [0.1, 0.15) is 0 Å². The Bertz CT molecular complexity index is 707. The van der Waals surface area contributed by atoms with Crippen LogP contribution in [0.1, 0.15) is 26.7 Å². The number of carbonyl (C=O) groups excluding carboxylic acids is 1. The van der Waals surface area contributed by atoms with E-state index in [0.717, 1.165) is 12.8 Å². The maximum Gasteiger partial charge on any atom is 0.319 e. The third-order valence-corrected chi connectivity index (χ3v) is 6.08. The quantitative estimate of drug-likeness (QED) is 0.742. The number of nitrogens with one attached hydrogen (secondary N) is 2. The zero-order chi connectivity index (χ0) is 18.0. The van der Waals surface area contributed by atoms with Crippen LogP contribution in [0.4, 0.5) is 10.5 Å². The first-order chi connectivity index (χ1) is 11.2. The summed E-state index contributed by atoms with van der Waals surface area (Å²) >= 11 is 0. The lowest BCUT2D eigenvalue weighted by atomic mass is 9.99. The summed E-state index contributed by atoms with van der Waals surface area (Å²) in [7, 11) is -2.05. The van der Waals surface area contributed by atoms with Gasteiger partial charge in [-0.1, -0.05) is 6.08 Å². The Hall–Kier alpha value is -1.86. The number of amides is 2. The van der Waals surface area contributed by atoms with Crippen molar-refractivity contribution in [3.63, 3.8) is 0 Å². The number of anilines is 1. The average Bonchev–Trinajstić information content (AvgIpc) is 3.32. The lowest BCUT2D eigenvalue weighted by Crippen LogP contribution is -2.47. The van der Waals surface area contributed by atoms with Gasteiger partial charge in [-0.05, 0) is 56.9 Å². The van der Waals surface area contributed by atoms with E-state index in [0.29, 0.717) is 11.6 Å². The smallest absolute Gasteiger partial charge is 0.319 e. The molecule has 1 aliphatic rings. The zero-order valence-electron chi connectivity index (χ0n) is 14.4. The minimum absolute atomic E-state index is 0.177. The Morgan fingerprint density at radius 3 is 2.42 bits per heavy atom. The molecule has 0 aromatic heterocycles. The lowest BCUT2D eigenvalue weighted by Gasteiger charge is -2.26. The van der Waals surface area contributed by atoms with Crippen molar-refractivity contribution >= 4 is 21.7 Å². The number of benzene rings is 1. The van der Waals surface area contributed by atoms with Crippen LogP contribution in [0.3, 0.4) is 0 Å². The van der Waals surface area contributed by atoms with Gasteiger partial charge in [-0.25, -0.2) is 13.2 Å². The van der Waals surface area contributed by atoms with Crippen LogP contribution in [0.5, 0.6) is 0 Å². The molecule has 1 aromatic rings. The standard InChI is InChI=1S/C17H25N3O3S/c1-5-12-20(4)24(22,23)15-10-8-14(9-11-15)18-16(21)19-17(2,3)13-6-7-13/h5,8-11,13H,1,6-7,12H2,2-4H3,(H2,18,19,21). The van der Waals surface area contributed by atoms with E-state index in [1.54, 1.807) is 12.1 Å². The first kappa shape index (κ1) is 18.5. The van der Waals surface area contributed by atoms with E-state index in [-0.39, 0.29) is 23.0 Å². The average molecular weight is 351 g/mol. The second-order valence-electron chi connectivity index (χ2n) is 6.67. The molecule has 132 valence electrons. The van der Waals surface area contributed by atoms with Crippen molar-refractivity contribution in [2.45, 2.75) is 37.1 Å². The highest BCUT2D eigenvalue weighted by molar-refractivity contribution is 7.89. The van der Waals surface area contributed by atoms with E-state index in [1.165, 1.54) is 29.6 Å². The summed E-state index contributed by atoms with van der Waals surface area (Å²) < 4.78 is 25.8. The molecule has 1 saturated carbocycles. The van der Waals surface area contributed by atoms with Gasteiger partial charge >= 0.3 is 6.03 Å². The molecule has 0 unspecified atom stereocenters. The molecule has 1 aromatic carbocycles. The van der Waals surface area contributed by atoms with Crippen LogP contribution in [0.25, 0.3) is 0 Å². The fraction of sp³-hybridized carbons (Fsp3) is 0.471. The van der Waals surface area contributed by atoms with Crippen molar-refractivity contribution in [3.05, 3.63) is 36.9 Å². The van der Waals surface area contributed by atoms with Crippen LogP contribution in [-0.4, -0.2) is 37.9 Å². The van der Waals surface area contributed by atoms with Gasteiger partial charge in [0.05, 0.1) is 4.90 Å². The van der Waals surface area contributed by atoms with E-state index < -0.39 is 10.0 Å². The molecule has 0 bridgehead atoms. The Labute approximate surface area is 144 Å². The second kappa shape index (κ2) is 6.94. The van der Waals surface area contributed by atoms with Gasteiger partial charge in [-0.3, -0.25) is 0 Å². The number of urea groups is 1. The van der Waals surface area contributed by atoms with E-state index in [9.17, 15) is 13.2 Å². The SMILES string of the molecule is C=CCN(C)S(=O)(=O)c1ccc(NC(=O)NC(C)(C)C2CC2)cc1. The molecule has 24 heavy (non-hydrogen) atoms. The third kappa shape index (κ3) is 4.36. The highest BCUT2D eigenvalue weighted by atomic mass is 32.2. The molecule has 0 saturated heterocycles. The maximum absolute atomic E-state index is 12.3. The van der Waals surface area contributed by atoms with Gasteiger partial charge in [0, 0.05) is 24.8 Å². The number of hydrogen-bond donors (Lipinski definition) is 2. The topological polar surface area (TPSA) is 78.5 Å². The molecule has 1 aliphatic carbocycles. The molecule has 2 rings (SSSR count). The van der Waals surface area contributed by atoms with Gasteiger partial charge in [-0.2, -0.15) is 4.31 Å². The Morgan fingerprint density at radius 1 is 1.33 bits per heavy atom. The van der Waals surface area contributed by atoms with Crippen LogP contribution in [-0.2, 0) is 10.0 Å². The van der Waals surface area contributed by atoms with Crippen molar-refractivity contribution in [1.82, 2.24) is 9.62 Å². The highest BCUT2D eigenvalue weighted by Crippen LogP contribution is 2.39. The number of rotatable bonds is 7.